The van der Waals surface area contributed by atoms with Crippen molar-refractivity contribution in [3.8, 4) is 11.5 Å². The van der Waals surface area contributed by atoms with Crippen LogP contribution in [0.4, 0.5) is 0 Å². The summed E-state index contributed by atoms with van der Waals surface area (Å²) in [7, 11) is 0.227. The summed E-state index contributed by atoms with van der Waals surface area (Å²) < 4.78 is 39.8. The molecule has 2 aromatic rings. The van der Waals surface area contributed by atoms with E-state index in [1.165, 1.54) is 0 Å². The highest BCUT2D eigenvalue weighted by atomic mass is 32.2. The number of carbonyl (C=O) groups is 1. The quantitative estimate of drug-likeness (QED) is 0.384. The number of methoxy groups -OCH3 is 1. The number of sulfonamides is 1. The number of hydrogen-bond donors (Lipinski definition) is 1. The topological polar surface area (TPSA) is 106 Å². The number of nitrogens with one attached hydrogen (secondary N) is 1. The summed E-state index contributed by atoms with van der Waals surface area (Å²) in [5.41, 5.74) is 2.38. The largest absolute Gasteiger partial charge is 0.493 e. The van der Waals surface area contributed by atoms with E-state index in [4.69, 9.17) is 9.47 Å². The molecule has 1 aromatic carbocycles. The number of aryl methyl sites for hydroxylation is 1. The second kappa shape index (κ2) is 12.5. The van der Waals surface area contributed by atoms with Crippen LogP contribution in [0.3, 0.4) is 0 Å². The van der Waals surface area contributed by atoms with Gasteiger partial charge in [-0.2, -0.15) is 9.40 Å². The van der Waals surface area contributed by atoms with Crippen molar-refractivity contribution >= 4 is 15.9 Å². The summed E-state index contributed by atoms with van der Waals surface area (Å²) >= 11 is 0. The first-order valence-electron chi connectivity index (χ1n) is 13.5. The first kappa shape index (κ1) is 28.4. The van der Waals surface area contributed by atoms with Gasteiger partial charge in [0.25, 0.3) is 5.91 Å². The molecular weight excluding hydrogens is 506 g/mol. The third kappa shape index (κ3) is 7.27. The van der Waals surface area contributed by atoms with Gasteiger partial charge in [-0.25, -0.2) is 8.42 Å². The number of ether oxygens (including phenoxy) is 2. The maximum absolute atomic E-state index is 12.8. The first-order valence-corrected chi connectivity index (χ1v) is 15.1. The van der Waals surface area contributed by atoms with E-state index < -0.39 is 10.0 Å². The molecule has 11 heteroatoms. The van der Waals surface area contributed by atoms with Crippen LogP contribution in [0.25, 0.3) is 0 Å². The predicted molar refractivity (Wildman–Crippen MR) is 146 cm³/mol. The summed E-state index contributed by atoms with van der Waals surface area (Å²) in [4.78, 5) is 15.1. The standard InChI is InChI=1S/C27H41N5O5S/c1-20(2)19-38(34,35)32-14-12-31(13-15-32)11-6-16-37-25-8-5-7-22(26(25)36-4)18-28-27(33)24-17-23(21-9-10-21)29-30(24)3/h5,7-8,17,20-21H,6,9-16,18-19H2,1-4H3,(H,28,33). The molecule has 38 heavy (non-hydrogen) atoms. The number of nitrogens with zero attached hydrogens (tertiary/aromatic N) is 4. The molecule has 0 bridgehead atoms. The van der Waals surface area contributed by atoms with E-state index in [9.17, 15) is 13.2 Å². The average Bonchev–Trinajstić information content (AvgIpc) is 3.66. The molecule has 2 aliphatic rings. The Bertz CT molecular complexity index is 1200. The van der Waals surface area contributed by atoms with Crippen molar-refractivity contribution < 1.29 is 22.7 Å². The van der Waals surface area contributed by atoms with Gasteiger partial charge < -0.3 is 19.7 Å². The highest BCUT2D eigenvalue weighted by Gasteiger charge is 2.29. The summed E-state index contributed by atoms with van der Waals surface area (Å²) in [6.45, 7) is 8.07. The zero-order valence-corrected chi connectivity index (χ0v) is 23.8. The molecule has 0 atom stereocenters. The monoisotopic (exact) mass is 547 g/mol. The van der Waals surface area contributed by atoms with Gasteiger partial charge >= 0.3 is 0 Å². The molecule has 10 nitrogen and oxygen atoms in total. The lowest BCUT2D eigenvalue weighted by molar-refractivity contribution is 0.0941. The fourth-order valence-corrected chi connectivity index (χ4v) is 6.59. The molecule has 1 aliphatic heterocycles. The number of piperazine rings is 1. The molecule has 0 radical (unpaired) electrons. The molecule has 1 aromatic heterocycles. The number of benzene rings is 1. The molecule has 1 N–H and O–H groups in total. The van der Waals surface area contributed by atoms with Gasteiger partial charge in [-0.15, -0.1) is 0 Å². The van der Waals surface area contributed by atoms with Crippen molar-refractivity contribution in [2.24, 2.45) is 13.0 Å². The van der Waals surface area contributed by atoms with E-state index in [1.54, 1.807) is 23.1 Å². The van der Waals surface area contributed by atoms with Crippen LogP contribution in [0.15, 0.2) is 24.3 Å². The smallest absolute Gasteiger partial charge is 0.269 e. The van der Waals surface area contributed by atoms with Crippen molar-refractivity contribution in [3.63, 3.8) is 0 Å². The minimum atomic E-state index is -3.17. The second-order valence-electron chi connectivity index (χ2n) is 10.6. The van der Waals surface area contributed by atoms with Crippen LogP contribution in [-0.4, -0.2) is 85.5 Å². The molecule has 1 saturated heterocycles. The van der Waals surface area contributed by atoms with Gasteiger partial charge in [0.1, 0.15) is 5.69 Å². The Morgan fingerprint density at radius 1 is 1.18 bits per heavy atom. The highest BCUT2D eigenvalue weighted by Crippen LogP contribution is 2.39. The minimum absolute atomic E-state index is 0.128. The third-order valence-electron chi connectivity index (χ3n) is 6.98. The van der Waals surface area contributed by atoms with E-state index in [0.29, 0.717) is 49.4 Å². The van der Waals surface area contributed by atoms with Crippen LogP contribution in [0.1, 0.15) is 60.8 Å². The second-order valence-corrected chi connectivity index (χ2v) is 12.6. The van der Waals surface area contributed by atoms with Gasteiger partial charge in [-0.05, 0) is 37.3 Å². The normalized spacial score (nSPS) is 17.1. The fourth-order valence-electron chi connectivity index (χ4n) is 4.82. The maximum atomic E-state index is 12.8. The van der Waals surface area contributed by atoms with Gasteiger partial charge in [-0.1, -0.05) is 26.0 Å². The average molecular weight is 548 g/mol. The Labute approximate surface area is 226 Å². The summed E-state index contributed by atoms with van der Waals surface area (Å²) in [5.74, 6) is 1.91. The van der Waals surface area contributed by atoms with Crippen LogP contribution in [0, 0.1) is 5.92 Å². The summed E-state index contributed by atoms with van der Waals surface area (Å²) in [6, 6.07) is 7.56. The lowest BCUT2D eigenvalue weighted by atomic mass is 10.1. The number of carbonyl (C=O) groups excluding carboxylic acids is 1. The molecule has 2 heterocycles. The van der Waals surface area contributed by atoms with E-state index in [2.05, 4.69) is 15.3 Å². The number of rotatable bonds is 13. The third-order valence-corrected chi connectivity index (χ3v) is 9.22. The zero-order chi connectivity index (χ0) is 27.3. The number of para-hydroxylation sites is 1. The van der Waals surface area contributed by atoms with Crippen molar-refractivity contribution in [1.29, 1.82) is 0 Å². The van der Waals surface area contributed by atoms with Crippen molar-refractivity contribution in [2.75, 3.05) is 52.2 Å². The van der Waals surface area contributed by atoms with E-state index >= 15 is 0 Å². The molecule has 2 fully saturated rings. The molecule has 0 spiro atoms. The van der Waals surface area contributed by atoms with E-state index in [1.807, 2.05) is 38.1 Å². The lowest BCUT2D eigenvalue weighted by Crippen LogP contribution is -2.49. The van der Waals surface area contributed by atoms with Crippen molar-refractivity contribution in [3.05, 3.63) is 41.2 Å². The Morgan fingerprint density at radius 3 is 2.58 bits per heavy atom. The molecule has 210 valence electrons. The maximum Gasteiger partial charge on any atom is 0.269 e. The highest BCUT2D eigenvalue weighted by molar-refractivity contribution is 7.89. The van der Waals surface area contributed by atoms with Gasteiger partial charge in [0.2, 0.25) is 10.0 Å². The molecule has 4 rings (SSSR count). The van der Waals surface area contributed by atoms with E-state index in [0.717, 1.165) is 50.2 Å². The lowest BCUT2D eigenvalue weighted by Gasteiger charge is -2.34. The number of hydrogen-bond acceptors (Lipinski definition) is 7. The Balaban J connectivity index is 1.23. The fraction of sp³-hybridized carbons (Fsp3) is 0.630. The van der Waals surface area contributed by atoms with Gasteiger partial charge in [0, 0.05) is 57.8 Å². The SMILES string of the molecule is COc1c(CNC(=O)c2cc(C3CC3)nn2C)cccc1OCCCN1CCN(S(=O)(=O)CC(C)C)CC1. The van der Waals surface area contributed by atoms with Crippen LogP contribution >= 0.6 is 0 Å². The Morgan fingerprint density at radius 2 is 1.92 bits per heavy atom. The van der Waals surface area contributed by atoms with Crippen molar-refractivity contribution in [1.82, 2.24) is 24.3 Å². The molecule has 1 amide bonds. The van der Waals surface area contributed by atoms with Crippen molar-refractivity contribution in [2.45, 2.75) is 45.6 Å². The molecule has 1 aliphatic carbocycles. The Hall–Kier alpha value is -2.63. The van der Waals surface area contributed by atoms with Gasteiger partial charge in [-0.3, -0.25) is 9.48 Å². The minimum Gasteiger partial charge on any atom is -0.493 e. The first-order chi connectivity index (χ1) is 18.2. The number of aromatic nitrogens is 2. The van der Waals surface area contributed by atoms with Crippen LogP contribution in [-0.2, 0) is 23.6 Å². The zero-order valence-electron chi connectivity index (χ0n) is 23.0. The van der Waals surface area contributed by atoms with E-state index in [-0.39, 0.29) is 17.6 Å². The molecule has 1 saturated carbocycles. The van der Waals surface area contributed by atoms with Crippen LogP contribution in [0.5, 0.6) is 11.5 Å². The molecular formula is C27H41N5O5S. The van der Waals surface area contributed by atoms with Crippen LogP contribution < -0.4 is 14.8 Å². The van der Waals surface area contributed by atoms with Gasteiger partial charge in [0.15, 0.2) is 11.5 Å². The Kier molecular flexibility index (Phi) is 9.32. The predicted octanol–water partition coefficient (Wildman–Crippen LogP) is 2.61. The van der Waals surface area contributed by atoms with Crippen LogP contribution in [0.2, 0.25) is 0 Å². The van der Waals surface area contributed by atoms with Gasteiger partial charge in [0.05, 0.1) is 25.2 Å². The molecule has 0 unspecified atom stereocenters. The summed E-state index contributed by atoms with van der Waals surface area (Å²) in [5, 5.41) is 7.45. The number of amides is 1. The summed E-state index contributed by atoms with van der Waals surface area (Å²) in [6.07, 6.45) is 3.09.